The molecule has 1 aliphatic rings. The molecular weight excluding hydrogens is 138 g/mol. The molecule has 1 saturated carbocycles. The Bertz CT molecular complexity index is 272. The fourth-order valence-corrected chi connectivity index (χ4v) is 1.35. The van der Waals surface area contributed by atoms with Gasteiger partial charge in [-0.2, -0.15) is 0 Å². The molecule has 0 heterocycles. The molecule has 2 rings (SSSR count). The minimum atomic E-state index is 0.316. The molecule has 1 fully saturated rings. The van der Waals surface area contributed by atoms with Gasteiger partial charge in [-0.3, -0.25) is 0 Å². The summed E-state index contributed by atoms with van der Waals surface area (Å²) in [7, 11) is 0. The lowest BCUT2D eigenvalue weighted by atomic mass is 10.1. The van der Waals surface area contributed by atoms with E-state index in [2.05, 4.69) is 0 Å². The zero-order valence-electron chi connectivity index (χ0n) is 6.20. The van der Waals surface area contributed by atoms with Gasteiger partial charge in [0, 0.05) is 12.0 Å². The molecule has 2 heteroatoms. The molecular formula is C9H11NO. The van der Waals surface area contributed by atoms with Gasteiger partial charge in [-0.1, -0.05) is 12.1 Å². The van der Waals surface area contributed by atoms with Crippen LogP contribution in [0.3, 0.4) is 0 Å². The molecule has 0 spiro atoms. The molecule has 2 nitrogen and oxygen atoms in total. The number of nitrogens with two attached hydrogens (primary N) is 1. The third-order valence-electron chi connectivity index (χ3n) is 2.14. The quantitative estimate of drug-likeness (QED) is 0.630. The first kappa shape index (κ1) is 6.68. The predicted molar refractivity (Wildman–Crippen MR) is 43.4 cm³/mol. The average molecular weight is 149 g/mol. The first-order valence-corrected chi connectivity index (χ1v) is 3.82. The lowest BCUT2D eigenvalue weighted by molar-refractivity contribution is 0.474. The molecule has 0 bridgehead atoms. The number of phenolic OH excluding ortho intramolecular Hbond substituents is 1. The second-order valence-electron chi connectivity index (χ2n) is 3.10. The molecule has 1 aliphatic carbocycles. The highest BCUT2D eigenvalue weighted by Gasteiger charge is 2.34. The molecule has 0 saturated heterocycles. The second-order valence-corrected chi connectivity index (χ2v) is 3.10. The molecule has 2 atom stereocenters. The van der Waals surface area contributed by atoms with Gasteiger partial charge in [0.15, 0.2) is 0 Å². The van der Waals surface area contributed by atoms with Crippen molar-refractivity contribution in [2.24, 2.45) is 5.73 Å². The van der Waals surface area contributed by atoms with Gasteiger partial charge >= 0.3 is 0 Å². The summed E-state index contributed by atoms with van der Waals surface area (Å²) in [6, 6.07) is 7.65. The van der Waals surface area contributed by atoms with Gasteiger partial charge in [-0.05, 0) is 24.1 Å². The van der Waals surface area contributed by atoms with Crippen LogP contribution in [0.2, 0.25) is 0 Å². The van der Waals surface area contributed by atoms with Crippen LogP contribution in [0.25, 0.3) is 0 Å². The van der Waals surface area contributed by atoms with Gasteiger partial charge in [0.1, 0.15) is 5.75 Å². The highest BCUT2D eigenvalue weighted by Crippen LogP contribution is 2.39. The van der Waals surface area contributed by atoms with Gasteiger partial charge in [-0.15, -0.1) is 0 Å². The molecule has 0 radical (unpaired) electrons. The summed E-state index contributed by atoms with van der Waals surface area (Å²) >= 11 is 0. The average Bonchev–Trinajstić information content (AvgIpc) is 2.67. The third kappa shape index (κ3) is 1.21. The van der Waals surface area contributed by atoms with E-state index >= 15 is 0 Å². The van der Waals surface area contributed by atoms with Crippen LogP contribution in [-0.2, 0) is 0 Å². The monoisotopic (exact) mass is 149 g/mol. The van der Waals surface area contributed by atoms with Crippen LogP contribution in [0.4, 0.5) is 0 Å². The molecule has 0 aliphatic heterocycles. The predicted octanol–water partition coefficient (Wildman–Crippen LogP) is 1.21. The third-order valence-corrected chi connectivity index (χ3v) is 2.14. The Kier molecular flexibility index (Phi) is 1.36. The lowest BCUT2D eigenvalue weighted by Crippen LogP contribution is -2.00. The summed E-state index contributed by atoms with van der Waals surface area (Å²) < 4.78 is 0. The first-order chi connectivity index (χ1) is 5.27. The highest BCUT2D eigenvalue weighted by molar-refractivity contribution is 5.34. The van der Waals surface area contributed by atoms with Crippen molar-refractivity contribution in [3.63, 3.8) is 0 Å². The van der Waals surface area contributed by atoms with Crippen LogP contribution < -0.4 is 5.73 Å². The van der Waals surface area contributed by atoms with E-state index in [1.54, 1.807) is 12.1 Å². The van der Waals surface area contributed by atoms with Gasteiger partial charge in [-0.25, -0.2) is 0 Å². The summed E-state index contributed by atoms with van der Waals surface area (Å²) in [6.45, 7) is 0. The van der Waals surface area contributed by atoms with Crippen LogP contribution in [-0.4, -0.2) is 11.1 Å². The van der Waals surface area contributed by atoms with Crippen molar-refractivity contribution in [2.75, 3.05) is 0 Å². The summed E-state index contributed by atoms with van der Waals surface area (Å²) in [5, 5.41) is 9.14. The van der Waals surface area contributed by atoms with E-state index in [4.69, 9.17) is 10.8 Å². The minimum Gasteiger partial charge on any atom is -0.508 e. The van der Waals surface area contributed by atoms with Gasteiger partial charge in [0.05, 0.1) is 0 Å². The Balaban J connectivity index is 2.25. The molecule has 58 valence electrons. The van der Waals surface area contributed by atoms with Crippen molar-refractivity contribution in [1.29, 1.82) is 0 Å². The number of hydrogen-bond donors (Lipinski definition) is 2. The smallest absolute Gasteiger partial charge is 0.115 e. The SMILES string of the molecule is NC1CC1c1cccc(O)c1. The van der Waals surface area contributed by atoms with Crippen LogP contribution in [0.15, 0.2) is 24.3 Å². The van der Waals surface area contributed by atoms with E-state index in [1.165, 1.54) is 0 Å². The first-order valence-electron chi connectivity index (χ1n) is 3.82. The summed E-state index contributed by atoms with van der Waals surface area (Å²) in [5.74, 6) is 0.823. The van der Waals surface area contributed by atoms with Crippen molar-refractivity contribution in [3.05, 3.63) is 29.8 Å². The fourth-order valence-electron chi connectivity index (χ4n) is 1.35. The Morgan fingerprint density at radius 3 is 2.73 bits per heavy atom. The molecule has 1 aromatic carbocycles. The minimum absolute atomic E-state index is 0.316. The number of benzene rings is 1. The Morgan fingerprint density at radius 1 is 1.45 bits per heavy atom. The van der Waals surface area contributed by atoms with E-state index in [0.29, 0.717) is 17.7 Å². The molecule has 0 aromatic heterocycles. The summed E-state index contributed by atoms with van der Waals surface area (Å²) in [5.41, 5.74) is 6.83. The number of aromatic hydroxyl groups is 1. The standard InChI is InChI=1S/C9H11NO/c10-9-5-8(9)6-2-1-3-7(11)4-6/h1-4,8-9,11H,5,10H2. The Morgan fingerprint density at radius 2 is 2.18 bits per heavy atom. The van der Waals surface area contributed by atoms with E-state index in [9.17, 15) is 0 Å². The van der Waals surface area contributed by atoms with E-state index in [1.807, 2.05) is 12.1 Å². The maximum absolute atomic E-state index is 9.14. The van der Waals surface area contributed by atoms with Crippen molar-refractivity contribution < 1.29 is 5.11 Å². The normalized spacial score (nSPS) is 28.5. The molecule has 2 unspecified atom stereocenters. The molecule has 3 N–H and O–H groups in total. The fraction of sp³-hybridized carbons (Fsp3) is 0.333. The van der Waals surface area contributed by atoms with Gasteiger partial charge in [0.2, 0.25) is 0 Å². The van der Waals surface area contributed by atoms with Crippen molar-refractivity contribution in [2.45, 2.75) is 18.4 Å². The maximum atomic E-state index is 9.14. The lowest BCUT2D eigenvalue weighted by Gasteiger charge is -1.97. The highest BCUT2D eigenvalue weighted by atomic mass is 16.3. The zero-order valence-corrected chi connectivity index (χ0v) is 6.20. The van der Waals surface area contributed by atoms with Gasteiger partial charge in [0.25, 0.3) is 0 Å². The van der Waals surface area contributed by atoms with Crippen LogP contribution in [0.1, 0.15) is 17.9 Å². The topological polar surface area (TPSA) is 46.2 Å². The van der Waals surface area contributed by atoms with Gasteiger partial charge < -0.3 is 10.8 Å². The summed E-state index contributed by atoms with van der Waals surface area (Å²) in [6.07, 6.45) is 1.06. The second kappa shape index (κ2) is 2.24. The van der Waals surface area contributed by atoms with Crippen LogP contribution in [0, 0.1) is 0 Å². The van der Waals surface area contributed by atoms with Crippen molar-refractivity contribution in [3.8, 4) is 5.75 Å². The largest absolute Gasteiger partial charge is 0.508 e. The molecule has 0 amide bonds. The van der Waals surface area contributed by atoms with E-state index < -0.39 is 0 Å². The molecule has 11 heavy (non-hydrogen) atoms. The van der Waals surface area contributed by atoms with Crippen LogP contribution >= 0.6 is 0 Å². The van der Waals surface area contributed by atoms with E-state index in [-0.39, 0.29) is 0 Å². The van der Waals surface area contributed by atoms with Crippen molar-refractivity contribution in [1.82, 2.24) is 0 Å². The summed E-state index contributed by atoms with van der Waals surface area (Å²) in [4.78, 5) is 0. The van der Waals surface area contributed by atoms with Crippen LogP contribution in [0.5, 0.6) is 5.75 Å². The zero-order chi connectivity index (χ0) is 7.84. The molecule has 1 aromatic rings. The number of phenols is 1. The number of hydrogen-bond acceptors (Lipinski definition) is 2. The van der Waals surface area contributed by atoms with E-state index in [0.717, 1.165) is 12.0 Å². The Labute approximate surface area is 65.7 Å². The number of rotatable bonds is 1. The Hall–Kier alpha value is -1.02. The van der Waals surface area contributed by atoms with Crippen molar-refractivity contribution >= 4 is 0 Å². The maximum Gasteiger partial charge on any atom is 0.115 e.